The van der Waals surface area contributed by atoms with Gasteiger partial charge in [-0.25, -0.2) is 4.98 Å². The van der Waals surface area contributed by atoms with Gasteiger partial charge in [0.05, 0.1) is 0 Å². The summed E-state index contributed by atoms with van der Waals surface area (Å²) in [6.45, 7) is 0. The van der Waals surface area contributed by atoms with Crippen LogP contribution in [0.25, 0.3) is 0 Å². The molecule has 0 saturated carbocycles. The summed E-state index contributed by atoms with van der Waals surface area (Å²) in [5, 5.41) is 3.25. The molecule has 2 aromatic carbocycles. The fourth-order valence-corrected chi connectivity index (χ4v) is 3.00. The first-order valence-corrected chi connectivity index (χ1v) is 8.12. The smallest absolute Gasteiger partial charge is 0.406 e. The normalized spacial score (nSPS) is 11.2. The number of halogens is 3. The Morgan fingerprint density at radius 3 is 2.35 bits per heavy atom. The first kappa shape index (κ1) is 17.7. The maximum Gasteiger partial charge on any atom is 0.573 e. The maximum absolute atomic E-state index is 12.4. The van der Waals surface area contributed by atoms with E-state index in [-0.39, 0.29) is 22.2 Å². The number of carbonyl (C=O) groups excluding carboxylic acids is 1. The van der Waals surface area contributed by atoms with Crippen LogP contribution in [-0.2, 0) is 0 Å². The number of anilines is 3. The Bertz CT molecular complexity index is 909. The third-order valence-corrected chi connectivity index (χ3v) is 4.22. The lowest BCUT2D eigenvalue weighted by Crippen LogP contribution is -2.16. The second kappa shape index (κ2) is 7.04. The number of hydrogen-bond acceptors (Lipinski definition) is 6. The quantitative estimate of drug-likeness (QED) is 0.634. The maximum atomic E-state index is 12.4. The van der Waals surface area contributed by atoms with Gasteiger partial charge in [-0.15, -0.1) is 13.2 Å². The number of nitrogens with zero attached hydrogens (tertiary/aromatic N) is 1. The Kier molecular flexibility index (Phi) is 4.81. The van der Waals surface area contributed by atoms with Crippen LogP contribution in [0.1, 0.15) is 15.2 Å². The molecule has 5 nitrogen and oxygen atoms in total. The van der Waals surface area contributed by atoms with Gasteiger partial charge in [0, 0.05) is 11.3 Å². The molecular formula is C17H12F3N3O2S. The third kappa shape index (κ3) is 4.31. The molecule has 0 aliphatic carbocycles. The van der Waals surface area contributed by atoms with E-state index in [1.165, 1.54) is 24.3 Å². The van der Waals surface area contributed by atoms with E-state index in [1.807, 2.05) is 0 Å². The van der Waals surface area contributed by atoms with Crippen LogP contribution in [0.15, 0.2) is 54.6 Å². The van der Waals surface area contributed by atoms with Gasteiger partial charge >= 0.3 is 6.36 Å². The number of nitrogens with one attached hydrogen (secondary N) is 1. The molecule has 0 aliphatic heterocycles. The molecule has 3 aromatic rings. The average Bonchev–Trinajstić information content (AvgIpc) is 2.96. The zero-order chi connectivity index (χ0) is 18.7. The molecule has 9 heteroatoms. The van der Waals surface area contributed by atoms with Crippen molar-refractivity contribution in [3.8, 4) is 5.75 Å². The summed E-state index contributed by atoms with van der Waals surface area (Å²) < 4.78 is 40.3. The third-order valence-electron chi connectivity index (χ3n) is 3.23. The van der Waals surface area contributed by atoms with Gasteiger partial charge < -0.3 is 15.8 Å². The Morgan fingerprint density at radius 2 is 1.73 bits per heavy atom. The topological polar surface area (TPSA) is 77.2 Å². The Hall–Kier alpha value is -3.07. The number of aromatic nitrogens is 1. The van der Waals surface area contributed by atoms with Crippen molar-refractivity contribution < 1.29 is 22.7 Å². The lowest BCUT2D eigenvalue weighted by atomic mass is 10.1. The van der Waals surface area contributed by atoms with E-state index in [0.29, 0.717) is 16.4 Å². The fourth-order valence-electron chi connectivity index (χ4n) is 2.13. The van der Waals surface area contributed by atoms with Gasteiger partial charge in [0.2, 0.25) is 5.78 Å². The second-order valence-corrected chi connectivity index (χ2v) is 6.12. The zero-order valence-electron chi connectivity index (χ0n) is 13.1. The van der Waals surface area contributed by atoms with E-state index in [9.17, 15) is 18.0 Å². The minimum atomic E-state index is -4.74. The van der Waals surface area contributed by atoms with E-state index in [1.54, 1.807) is 30.3 Å². The molecule has 0 unspecified atom stereocenters. The van der Waals surface area contributed by atoms with Crippen LogP contribution in [0.4, 0.5) is 29.8 Å². The molecule has 0 saturated heterocycles. The number of rotatable bonds is 5. The van der Waals surface area contributed by atoms with Crippen molar-refractivity contribution in [2.45, 2.75) is 6.36 Å². The predicted octanol–water partition coefficient (Wildman–Crippen LogP) is 4.60. The minimum Gasteiger partial charge on any atom is -0.406 e. The van der Waals surface area contributed by atoms with Gasteiger partial charge in [0.15, 0.2) is 5.13 Å². The fraction of sp³-hybridized carbons (Fsp3) is 0.0588. The molecule has 0 aliphatic rings. The Morgan fingerprint density at radius 1 is 1.08 bits per heavy atom. The average molecular weight is 379 g/mol. The van der Waals surface area contributed by atoms with Crippen molar-refractivity contribution in [3.05, 3.63) is 65.0 Å². The summed E-state index contributed by atoms with van der Waals surface area (Å²) in [5.41, 5.74) is 6.79. The van der Waals surface area contributed by atoms with Gasteiger partial charge in [-0.2, -0.15) is 0 Å². The molecular weight excluding hydrogens is 367 g/mol. The minimum absolute atomic E-state index is 0.0865. The highest BCUT2D eigenvalue weighted by Crippen LogP contribution is 2.30. The summed E-state index contributed by atoms with van der Waals surface area (Å²) in [4.78, 5) is 16.8. The van der Waals surface area contributed by atoms with Crippen molar-refractivity contribution in [1.29, 1.82) is 0 Å². The number of thiazole rings is 1. The summed E-state index contributed by atoms with van der Waals surface area (Å²) in [7, 11) is 0. The number of benzene rings is 2. The van der Waals surface area contributed by atoms with Crippen LogP contribution in [0.2, 0.25) is 0 Å². The first-order chi connectivity index (χ1) is 12.3. The summed E-state index contributed by atoms with van der Waals surface area (Å²) in [6, 6.07) is 13.8. The van der Waals surface area contributed by atoms with Crippen molar-refractivity contribution in [1.82, 2.24) is 4.98 Å². The van der Waals surface area contributed by atoms with E-state index in [2.05, 4.69) is 15.0 Å². The number of nitrogens with two attached hydrogens (primary N) is 1. The van der Waals surface area contributed by atoms with E-state index in [4.69, 9.17) is 5.73 Å². The molecule has 0 fully saturated rings. The van der Waals surface area contributed by atoms with Gasteiger partial charge in [0.1, 0.15) is 16.4 Å². The molecule has 134 valence electrons. The van der Waals surface area contributed by atoms with Crippen molar-refractivity contribution in [2.75, 3.05) is 11.1 Å². The van der Waals surface area contributed by atoms with E-state index < -0.39 is 6.36 Å². The van der Waals surface area contributed by atoms with E-state index in [0.717, 1.165) is 11.3 Å². The van der Waals surface area contributed by atoms with Crippen LogP contribution < -0.4 is 15.8 Å². The van der Waals surface area contributed by atoms with Crippen LogP contribution in [0.3, 0.4) is 0 Å². The SMILES string of the molecule is Nc1nc(Nc2ccc(OC(F)(F)F)cc2)sc1C(=O)c1ccccc1. The molecule has 0 bridgehead atoms. The number of ketones is 1. The number of alkyl halides is 3. The Labute approximate surface area is 150 Å². The second-order valence-electron chi connectivity index (χ2n) is 5.13. The highest BCUT2D eigenvalue weighted by Gasteiger charge is 2.31. The Balaban J connectivity index is 1.74. The van der Waals surface area contributed by atoms with Gasteiger partial charge in [-0.3, -0.25) is 4.79 Å². The summed E-state index contributed by atoms with van der Waals surface area (Å²) in [6.07, 6.45) is -4.74. The molecule has 3 rings (SSSR count). The summed E-state index contributed by atoms with van der Waals surface area (Å²) >= 11 is 1.06. The van der Waals surface area contributed by atoms with Crippen molar-refractivity contribution in [2.24, 2.45) is 0 Å². The molecule has 0 radical (unpaired) electrons. The zero-order valence-corrected chi connectivity index (χ0v) is 13.9. The number of hydrogen-bond donors (Lipinski definition) is 2. The van der Waals surface area contributed by atoms with Crippen LogP contribution in [-0.4, -0.2) is 17.1 Å². The molecule has 0 atom stereocenters. The van der Waals surface area contributed by atoms with Crippen molar-refractivity contribution in [3.63, 3.8) is 0 Å². The lowest BCUT2D eigenvalue weighted by Gasteiger charge is -2.09. The number of nitrogen functional groups attached to an aromatic ring is 1. The van der Waals surface area contributed by atoms with Crippen molar-refractivity contribution >= 4 is 33.8 Å². The lowest BCUT2D eigenvalue weighted by molar-refractivity contribution is -0.274. The van der Waals surface area contributed by atoms with Gasteiger partial charge in [-0.05, 0) is 24.3 Å². The van der Waals surface area contributed by atoms with Gasteiger partial charge in [0.25, 0.3) is 0 Å². The highest BCUT2D eigenvalue weighted by atomic mass is 32.1. The van der Waals surface area contributed by atoms with Crippen LogP contribution in [0, 0.1) is 0 Å². The molecule has 0 amide bonds. The predicted molar refractivity (Wildman–Crippen MR) is 92.8 cm³/mol. The van der Waals surface area contributed by atoms with Gasteiger partial charge in [-0.1, -0.05) is 41.7 Å². The van der Waals surface area contributed by atoms with Crippen LogP contribution >= 0.6 is 11.3 Å². The summed E-state index contributed by atoms with van der Waals surface area (Å²) in [5.74, 6) is -0.493. The molecule has 1 aromatic heterocycles. The highest BCUT2D eigenvalue weighted by molar-refractivity contribution is 7.18. The first-order valence-electron chi connectivity index (χ1n) is 7.31. The molecule has 0 spiro atoms. The van der Waals surface area contributed by atoms with Crippen LogP contribution in [0.5, 0.6) is 5.75 Å². The number of ether oxygens (including phenoxy) is 1. The van der Waals surface area contributed by atoms with E-state index >= 15 is 0 Å². The monoisotopic (exact) mass is 379 g/mol. The molecule has 26 heavy (non-hydrogen) atoms. The molecule has 1 heterocycles. The standard InChI is InChI=1S/C17H12F3N3O2S/c18-17(19,20)25-12-8-6-11(7-9-12)22-16-23-15(21)14(26-16)13(24)10-4-2-1-3-5-10/h1-9H,21H2,(H,22,23). The molecule has 3 N–H and O–H groups in total. The largest absolute Gasteiger partial charge is 0.573 e. The number of carbonyl (C=O) groups is 1.